The van der Waals surface area contributed by atoms with Crippen molar-refractivity contribution in [2.24, 2.45) is 10.1 Å². The third-order valence-electron chi connectivity index (χ3n) is 3.78. The second-order valence-corrected chi connectivity index (χ2v) is 5.13. The molecule has 0 aliphatic carbocycles. The van der Waals surface area contributed by atoms with Gasteiger partial charge in [0.25, 0.3) is 0 Å². The monoisotopic (exact) mass is 303 g/mol. The van der Waals surface area contributed by atoms with E-state index >= 15 is 0 Å². The fourth-order valence-corrected chi connectivity index (χ4v) is 2.75. The number of nitrogens with zero attached hydrogens (tertiary/aromatic N) is 5. The molecule has 112 valence electrons. The van der Waals surface area contributed by atoms with Gasteiger partial charge in [0.2, 0.25) is 5.95 Å². The molecular weight excluding hydrogens is 290 g/mol. The molecule has 6 nitrogen and oxygen atoms in total. The summed E-state index contributed by atoms with van der Waals surface area (Å²) in [5, 5.41) is 17.4. The SMILES string of the molecule is O/N=C1\C(c2ccccc2)=Nc2ncnn2C1c1ccccc1. The lowest BCUT2D eigenvalue weighted by molar-refractivity contribution is 0.316. The normalized spacial score (nSPS) is 18.5. The minimum absolute atomic E-state index is 0.369. The van der Waals surface area contributed by atoms with Crippen molar-refractivity contribution < 1.29 is 5.21 Å². The van der Waals surface area contributed by atoms with Crippen LogP contribution in [-0.2, 0) is 0 Å². The summed E-state index contributed by atoms with van der Waals surface area (Å²) in [7, 11) is 0. The highest BCUT2D eigenvalue weighted by atomic mass is 16.4. The van der Waals surface area contributed by atoms with Crippen molar-refractivity contribution in [3.63, 3.8) is 0 Å². The molecule has 1 atom stereocenters. The predicted molar refractivity (Wildman–Crippen MR) is 86.5 cm³/mol. The standard InChI is InChI=1S/C17H13N5O/c23-21-15-14(12-7-3-1-4-8-12)20-17-18-11-19-22(17)16(15)13-9-5-2-6-10-13/h1-11,16,23H/b21-15+. The molecule has 4 rings (SSSR count). The molecule has 1 aromatic heterocycles. The van der Waals surface area contributed by atoms with Crippen molar-refractivity contribution in [2.75, 3.05) is 0 Å². The van der Waals surface area contributed by atoms with Gasteiger partial charge in [-0.25, -0.2) is 9.67 Å². The molecular formula is C17H13N5O. The molecule has 3 aromatic rings. The number of hydrogen-bond donors (Lipinski definition) is 1. The van der Waals surface area contributed by atoms with Gasteiger partial charge < -0.3 is 5.21 Å². The molecule has 1 aliphatic rings. The molecule has 1 unspecified atom stereocenters. The Balaban J connectivity index is 1.93. The molecule has 6 heteroatoms. The van der Waals surface area contributed by atoms with E-state index in [1.54, 1.807) is 4.68 Å². The largest absolute Gasteiger partial charge is 0.411 e. The second-order valence-electron chi connectivity index (χ2n) is 5.13. The zero-order valence-corrected chi connectivity index (χ0v) is 12.1. The molecule has 1 aliphatic heterocycles. The summed E-state index contributed by atoms with van der Waals surface area (Å²) in [5.41, 5.74) is 2.87. The molecule has 2 aromatic carbocycles. The van der Waals surface area contributed by atoms with Crippen molar-refractivity contribution in [1.29, 1.82) is 0 Å². The minimum Gasteiger partial charge on any atom is -0.411 e. The van der Waals surface area contributed by atoms with Crippen LogP contribution in [0.5, 0.6) is 0 Å². The molecule has 0 fully saturated rings. The van der Waals surface area contributed by atoms with Gasteiger partial charge in [-0.15, -0.1) is 0 Å². The average Bonchev–Trinajstić information content (AvgIpc) is 3.09. The van der Waals surface area contributed by atoms with Crippen molar-refractivity contribution in [3.8, 4) is 0 Å². The molecule has 2 heterocycles. The average molecular weight is 303 g/mol. The summed E-state index contributed by atoms with van der Waals surface area (Å²) in [6.07, 6.45) is 1.46. The maximum Gasteiger partial charge on any atom is 0.249 e. The van der Waals surface area contributed by atoms with E-state index in [4.69, 9.17) is 0 Å². The predicted octanol–water partition coefficient (Wildman–Crippen LogP) is 2.83. The van der Waals surface area contributed by atoms with Gasteiger partial charge >= 0.3 is 0 Å². The van der Waals surface area contributed by atoms with Gasteiger partial charge in [-0.2, -0.15) is 10.1 Å². The van der Waals surface area contributed by atoms with Crippen molar-refractivity contribution in [2.45, 2.75) is 6.04 Å². The summed E-state index contributed by atoms with van der Waals surface area (Å²) in [6.45, 7) is 0. The molecule has 23 heavy (non-hydrogen) atoms. The van der Waals surface area contributed by atoms with Gasteiger partial charge in [-0.3, -0.25) is 0 Å². The van der Waals surface area contributed by atoms with Gasteiger partial charge in [0.05, 0.1) is 0 Å². The van der Waals surface area contributed by atoms with Crippen LogP contribution in [0.3, 0.4) is 0 Å². The van der Waals surface area contributed by atoms with E-state index in [-0.39, 0.29) is 6.04 Å². The van der Waals surface area contributed by atoms with E-state index < -0.39 is 0 Å². The Kier molecular flexibility index (Phi) is 3.20. The quantitative estimate of drug-likeness (QED) is 0.584. The van der Waals surface area contributed by atoms with Crippen LogP contribution in [0, 0.1) is 0 Å². The van der Waals surface area contributed by atoms with Crippen molar-refractivity contribution in [1.82, 2.24) is 14.8 Å². The lowest BCUT2D eigenvalue weighted by atomic mass is 9.94. The molecule has 0 radical (unpaired) electrons. The van der Waals surface area contributed by atoms with Gasteiger partial charge in [0.15, 0.2) is 0 Å². The molecule has 0 spiro atoms. The molecule has 0 saturated heterocycles. The first-order valence-corrected chi connectivity index (χ1v) is 7.19. The maximum atomic E-state index is 9.66. The Labute approximate surface area is 132 Å². The van der Waals surface area contributed by atoms with E-state index in [2.05, 4.69) is 20.2 Å². The number of fused-ring (bicyclic) bond motifs is 1. The van der Waals surface area contributed by atoms with Crippen LogP contribution in [0.2, 0.25) is 0 Å². The van der Waals surface area contributed by atoms with E-state index in [0.717, 1.165) is 11.1 Å². The van der Waals surface area contributed by atoms with Crippen molar-refractivity contribution in [3.05, 3.63) is 78.1 Å². The number of hydrogen-bond acceptors (Lipinski definition) is 5. The third kappa shape index (κ3) is 2.20. The Hall–Kier alpha value is -3.28. The topological polar surface area (TPSA) is 75.7 Å². The third-order valence-corrected chi connectivity index (χ3v) is 3.78. The number of benzene rings is 2. The lowest BCUT2D eigenvalue weighted by Gasteiger charge is -2.24. The van der Waals surface area contributed by atoms with Crippen LogP contribution in [0.1, 0.15) is 17.2 Å². The summed E-state index contributed by atoms with van der Waals surface area (Å²) in [6, 6.07) is 19.0. The van der Waals surface area contributed by atoms with Gasteiger partial charge in [0.1, 0.15) is 23.8 Å². The lowest BCUT2D eigenvalue weighted by Crippen LogP contribution is -2.32. The summed E-state index contributed by atoms with van der Waals surface area (Å²) >= 11 is 0. The minimum atomic E-state index is -0.369. The fourth-order valence-electron chi connectivity index (χ4n) is 2.75. The highest BCUT2D eigenvalue weighted by molar-refractivity contribution is 6.50. The highest BCUT2D eigenvalue weighted by Gasteiger charge is 2.33. The Morgan fingerprint density at radius 3 is 2.35 bits per heavy atom. The van der Waals surface area contributed by atoms with Gasteiger partial charge in [-0.05, 0) is 5.56 Å². The summed E-state index contributed by atoms with van der Waals surface area (Å²) in [4.78, 5) is 8.72. The van der Waals surface area contributed by atoms with E-state index in [9.17, 15) is 5.21 Å². The van der Waals surface area contributed by atoms with E-state index in [1.807, 2.05) is 60.7 Å². The first kappa shape index (κ1) is 13.4. The summed E-state index contributed by atoms with van der Waals surface area (Å²) < 4.78 is 1.66. The number of aliphatic imine (C=N–C) groups is 1. The smallest absolute Gasteiger partial charge is 0.249 e. The van der Waals surface area contributed by atoms with Crippen LogP contribution in [0.25, 0.3) is 0 Å². The van der Waals surface area contributed by atoms with Crippen LogP contribution in [0.4, 0.5) is 5.95 Å². The molecule has 0 bridgehead atoms. The highest BCUT2D eigenvalue weighted by Crippen LogP contribution is 2.30. The van der Waals surface area contributed by atoms with E-state index in [1.165, 1.54) is 6.33 Å². The van der Waals surface area contributed by atoms with Crippen LogP contribution in [-0.4, -0.2) is 31.4 Å². The number of rotatable bonds is 2. The molecule has 1 N–H and O–H groups in total. The number of aromatic nitrogens is 3. The maximum absolute atomic E-state index is 9.66. The number of oxime groups is 1. The summed E-state index contributed by atoms with van der Waals surface area (Å²) in [5.74, 6) is 0.491. The Morgan fingerprint density at radius 2 is 1.65 bits per heavy atom. The van der Waals surface area contributed by atoms with Gasteiger partial charge in [-0.1, -0.05) is 65.8 Å². The second kappa shape index (κ2) is 5.49. The fraction of sp³-hybridized carbons (Fsp3) is 0.0588. The van der Waals surface area contributed by atoms with Crippen LogP contribution >= 0.6 is 0 Å². The molecule has 0 saturated carbocycles. The van der Waals surface area contributed by atoms with Crippen LogP contribution in [0.15, 0.2) is 77.1 Å². The Morgan fingerprint density at radius 1 is 0.957 bits per heavy atom. The Bertz CT molecular complexity index is 884. The van der Waals surface area contributed by atoms with E-state index in [0.29, 0.717) is 17.4 Å². The first-order valence-electron chi connectivity index (χ1n) is 7.19. The van der Waals surface area contributed by atoms with Gasteiger partial charge in [0, 0.05) is 5.56 Å². The first-order chi connectivity index (χ1) is 11.4. The molecule has 0 amide bonds. The van der Waals surface area contributed by atoms with Crippen molar-refractivity contribution >= 4 is 17.4 Å². The van der Waals surface area contributed by atoms with Crippen LogP contribution < -0.4 is 0 Å². The zero-order valence-electron chi connectivity index (χ0n) is 12.1. The zero-order chi connectivity index (χ0) is 15.6.